The van der Waals surface area contributed by atoms with E-state index in [9.17, 15) is 9.90 Å². The van der Waals surface area contributed by atoms with Crippen LogP contribution in [0.2, 0.25) is 0 Å². The zero-order chi connectivity index (χ0) is 13.7. The first-order valence-electron chi connectivity index (χ1n) is 7.75. The van der Waals surface area contributed by atoms with Crippen molar-refractivity contribution in [2.45, 2.75) is 82.5 Å². The van der Waals surface area contributed by atoms with Crippen LogP contribution in [0.3, 0.4) is 0 Å². The topological polar surface area (TPSA) is 58.6 Å². The first-order chi connectivity index (χ1) is 9.09. The van der Waals surface area contributed by atoms with Gasteiger partial charge in [-0.15, -0.1) is 0 Å². The van der Waals surface area contributed by atoms with Gasteiger partial charge in [0.2, 0.25) is 5.91 Å². The molecule has 1 unspecified atom stereocenters. The summed E-state index contributed by atoms with van der Waals surface area (Å²) >= 11 is 0. The highest BCUT2D eigenvalue weighted by Crippen LogP contribution is 2.30. The lowest BCUT2D eigenvalue weighted by Crippen LogP contribution is -2.50. The van der Waals surface area contributed by atoms with Gasteiger partial charge < -0.3 is 15.2 Å². The Balaban J connectivity index is 1.69. The van der Waals surface area contributed by atoms with Crippen LogP contribution in [0.1, 0.15) is 64.7 Å². The first kappa shape index (κ1) is 14.8. The first-order valence-corrected chi connectivity index (χ1v) is 7.75. The summed E-state index contributed by atoms with van der Waals surface area (Å²) < 4.78 is 5.86. The van der Waals surface area contributed by atoms with Gasteiger partial charge in [0.1, 0.15) is 6.10 Å². The fourth-order valence-corrected chi connectivity index (χ4v) is 2.89. The molecule has 4 nitrogen and oxygen atoms in total. The molecule has 0 radical (unpaired) electrons. The van der Waals surface area contributed by atoms with E-state index >= 15 is 0 Å². The van der Waals surface area contributed by atoms with Crippen molar-refractivity contribution in [3.05, 3.63) is 0 Å². The molecule has 2 aliphatic carbocycles. The zero-order valence-electron chi connectivity index (χ0n) is 12.0. The molecule has 0 aromatic rings. The minimum Gasteiger partial charge on any atom is -0.388 e. The van der Waals surface area contributed by atoms with Crippen LogP contribution < -0.4 is 5.32 Å². The largest absolute Gasteiger partial charge is 0.388 e. The van der Waals surface area contributed by atoms with Crippen molar-refractivity contribution in [2.24, 2.45) is 0 Å². The molecule has 0 aromatic heterocycles. The van der Waals surface area contributed by atoms with Crippen LogP contribution in [-0.4, -0.2) is 35.4 Å². The van der Waals surface area contributed by atoms with Crippen LogP contribution in [0, 0.1) is 0 Å². The maximum Gasteiger partial charge on any atom is 0.248 e. The summed E-state index contributed by atoms with van der Waals surface area (Å²) in [4.78, 5) is 11.9. The summed E-state index contributed by atoms with van der Waals surface area (Å²) in [6, 6.07) is 0. The number of amides is 1. The third kappa shape index (κ3) is 4.46. The maximum atomic E-state index is 11.9. The van der Waals surface area contributed by atoms with E-state index in [-0.39, 0.29) is 12.0 Å². The normalized spacial score (nSPS) is 25.2. The molecule has 2 N–H and O–H groups in total. The number of aliphatic hydroxyl groups is 1. The average Bonchev–Trinajstić information content (AvgIpc) is 2.62. The highest BCUT2D eigenvalue weighted by molar-refractivity contribution is 5.80. The van der Waals surface area contributed by atoms with Gasteiger partial charge in [-0.05, 0) is 39.0 Å². The third-order valence-corrected chi connectivity index (χ3v) is 4.44. The second kappa shape index (κ2) is 6.71. The van der Waals surface area contributed by atoms with Crippen molar-refractivity contribution in [1.82, 2.24) is 5.32 Å². The summed E-state index contributed by atoms with van der Waals surface area (Å²) in [6.45, 7) is 2.18. The molecule has 0 bridgehead atoms. The molecule has 0 aromatic carbocycles. The van der Waals surface area contributed by atoms with Gasteiger partial charge in [0.25, 0.3) is 0 Å². The summed E-state index contributed by atoms with van der Waals surface area (Å²) in [5, 5.41) is 12.8. The van der Waals surface area contributed by atoms with Crippen molar-refractivity contribution in [3.63, 3.8) is 0 Å². The van der Waals surface area contributed by atoms with E-state index < -0.39 is 11.7 Å². The number of carbonyl (C=O) groups is 1. The van der Waals surface area contributed by atoms with Gasteiger partial charge in [0.15, 0.2) is 0 Å². The van der Waals surface area contributed by atoms with Crippen LogP contribution in [0.5, 0.6) is 0 Å². The van der Waals surface area contributed by atoms with E-state index in [2.05, 4.69) is 5.32 Å². The molecule has 2 aliphatic rings. The summed E-state index contributed by atoms with van der Waals surface area (Å²) in [5.74, 6) is -0.0930. The Morgan fingerprint density at radius 1 is 1.26 bits per heavy atom. The minimum absolute atomic E-state index is 0.0930. The van der Waals surface area contributed by atoms with Crippen LogP contribution in [0.15, 0.2) is 0 Å². The van der Waals surface area contributed by atoms with Gasteiger partial charge in [0, 0.05) is 6.54 Å². The number of rotatable bonds is 5. The van der Waals surface area contributed by atoms with E-state index in [4.69, 9.17) is 4.74 Å². The number of hydrogen-bond donors (Lipinski definition) is 2. The Hall–Kier alpha value is -0.610. The highest BCUT2D eigenvalue weighted by Gasteiger charge is 2.35. The van der Waals surface area contributed by atoms with Gasteiger partial charge in [-0.25, -0.2) is 0 Å². The molecule has 0 aliphatic heterocycles. The molecule has 2 fully saturated rings. The molecular weight excluding hydrogens is 242 g/mol. The van der Waals surface area contributed by atoms with Crippen LogP contribution in [-0.2, 0) is 9.53 Å². The molecule has 1 atom stereocenters. The average molecular weight is 269 g/mol. The third-order valence-electron chi connectivity index (χ3n) is 4.44. The Bertz CT molecular complexity index is 294. The van der Waals surface area contributed by atoms with Crippen molar-refractivity contribution >= 4 is 5.91 Å². The van der Waals surface area contributed by atoms with Crippen LogP contribution >= 0.6 is 0 Å². The van der Waals surface area contributed by atoms with Crippen LogP contribution in [0.25, 0.3) is 0 Å². The van der Waals surface area contributed by atoms with Crippen LogP contribution in [0.4, 0.5) is 0 Å². The van der Waals surface area contributed by atoms with E-state index in [1.54, 1.807) is 0 Å². The summed E-state index contributed by atoms with van der Waals surface area (Å²) in [6.07, 6.45) is 9.60. The number of ether oxygens (including phenoxy) is 1. The quantitative estimate of drug-likeness (QED) is 0.752. The lowest BCUT2D eigenvalue weighted by Gasteiger charge is -2.36. The van der Waals surface area contributed by atoms with Gasteiger partial charge >= 0.3 is 0 Å². The molecule has 110 valence electrons. The van der Waals surface area contributed by atoms with Crippen molar-refractivity contribution in [2.75, 3.05) is 6.54 Å². The van der Waals surface area contributed by atoms with E-state index in [0.29, 0.717) is 6.54 Å². The molecule has 2 rings (SSSR count). The molecular formula is C15H27NO3. The van der Waals surface area contributed by atoms with Crippen molar-refractivity contribution in [3.8, 4) is 0 Å². The monoisotopic (exact) mass is 269 g/mol. The van der Waals surface area contributed by atoms with Crippen molar-refractivity contribution < 1.29 is 14.6 Å². The maximum absolute atomic E-state index is 11.9. The Labute approximate surface area is 115 Å². The van der Waals surface area contributed by atoms with Crippen molar-refractivity contribution in [1.29, 1.82) is 0 Å². The molecule has 0 spiro atoms. The van der Waals surface area contributed by atoms with E-state index in [1.807, 2.05) is 6.92 Å². The Kier molecular flexibility index (Phi) is 5.22. The molecule has 19 heavy (non-hydrogen) atoms. The number of nitrogens with one attached hydrogen (secondary N) is 1. The molecule has 0 heterocycles. The lowest BCUT2D eigenvalue weighted by molar-refractivity contribution is -0.138. The summed E-state index contributed by atoms with van der Waals surface area (Å²) in [7, 11) is 0. The minimum atomic E-state index is -0.655. The lowest BCUT2D eigenvalue weighted by atomic mass is 9.80. The molecule has 0 saturated heterocycles. The number of carbonyl (C=O) groups excluding carboxylic acids is 1. The molecule has 2 saturated carbocycles. The molecule has 4 heteroatoms. The zero-order valence-corrected chi connectivity index (χ0v) is 12.0. The smallest absolute Gasteiger partial charge is 0.248 e. The van der Waals surface area contributed by atoms with Gasteiger partial charge in [-0.2, -0.15) is 0 Å². The predicted octanol–water partition coefficient (Wildman–Crippen LogP) is 2.15. The van der Waals surface area contributed by atoms with Gasteiger partial charge in [-0.3, -0.25) is 4.79 Å². The Morgan fingerprint density at radius 2 is 1.89 bits per heavy atom. The molecule has 1 amide bonds. The Morgan fingerprint density at radius 3 is 2.42 bits per heavy atom. The summed E-state index contributed by atoms with van der Waals surface area (Å²) in [5.41, 5.74) is -0.655. The highest BCUT2D eigenvalue weighted by atomic mass is 16.5. The van der Waals surface area contributed by atoms with Gasteiger partial charge in [-0.1, -0.05) is 25.7 Å². The van der Waals surface area contributed by atoms with Gasteiger partial charge in [0.05, 0.1) is 11.7 Å². The predicted molar refractivity (Wildman–Crippen MR) is 73.8 cm³/mol. The standard InChI is InChI=1S/C15H27NO3/c1-12(19-13-7-4-2-3-5-8-13)14(17)16-11-15(18)9-6-10-15/h12-13,18H,2-11H2,1H3,(H,16,17). The second-order valence-corrected chi connectivity index (χ2v) is 6.19. The van der Waals surface area contributed by atoms with E-state index in [0.717, 1.165) is 32.1 Å². The number of hydrogen-bond acceptors (Lipinski definition) is 3. The fourth-order valence-electron chi connectivity index (χ4n) is 2.89. The SMILES string of the molecule is CC(OC1CCCCCC1)C(=O)NCC1(O)CCC1. The second-order valence-electron chi connectivity index (χ2n) is 6.19. The van der Waals surface area contributed by atoms with E-state index in [1.165, 1.54) is 25.7 Å². The fraction of sp³-hybridized carbons (Fsp3) is 0.933.